The van der Waals surface area contributed by atoms with Gasteiger partial charge in [0.25, 0.3) is 5.69 Å². The Kier molecular flexibility index (Phi) is 8.87. The van der Waals surface area contributed by atoms with Gasteiger partial charge < -0.3 is 19.9 Å². The van der Waals surface area contributed by atoms with Gasteiger partial charge in [0, 0.05) is 12.1 Å². The van der Waals surface area contributed by atoms with Crippen molar-refractivity contribution in [1.82, 2.24) is 0 Å². The molecule has 3 N–H and O–H groups in total. The van der Waals surface area contributed by atoms with E-state index in [9.17, 15) is 34.9 Å². The molecule has 0 spiro atoms. The van der Waals surface area contributed by atoms with Crippen LogP contribution in [0, 0.1) is 41.7 Å². The summed E-state index contributed by atoms with van der Waals surface area (Å²) in [5.74, 6) is -2.61. The smallest absolute Gasteiger partial charge is 0.455 e. The van der Waals surface area contributed by atoms with E-state index in [1.54, 1.807) is 0 Å². The number of fused-ring (bicyclic) bond motifs is 3. The number of aromatic hydroxyl groups is 1. The summed E-state index contributed by atoms with van der Waals surface area (Å²) in [6.07, 6.45) is 4.81. The van der Waals surface area contributed by atoms with Crippen LogP contribution in [0.2, 0.25) is 6.32 Å². The summed E-state index contributed by atoms with van der Waals surface area (Å²) in [6.45, 7) is 5.53. The number of anilines is 1. The van der Waals surface area contributed by atoms with E-state index in [1.165, 1.54) is 29.8 Å². The Morgan fingerprint density at radius 1 is 1.14 bits per heavy atom. The zero-order chi connectivity index (χ0) is 31.0. The number of carbonyl (C=O) groups excluding carboxylic acids is 2. The van der Waals surface area contributed by atoms with Crippen molar-refractivity contribution >= 4 is 36.4 Å². The number of nitro groups is 1. The third-order valence-electron chi connectivity index (χ3n) is 8.98. The second kappa shape index (κ2) is 12.4. The van der Waals surface area contributed by atoms with Gasteiger partial charge >= 0.3 is 7.12 Å². The predicted octanol–water partition coefficient (Wildman–Crippen LogP) is 4.87. The predicted molar refractivity (Wildman–Crippen MR) is 162 cm³/mol. The van der Waals surface area contributed by atoms with Crippen molar-refractivity contribution in [2.45, 2.75) is 65.3 Å². The number of amides is 2. The molecule has 0 aromatic heterocycles. The minimum atomic E-state index is -1.15. The summed E-state index contributed by atoms with van der Waals surface area (Å²) in [5, 5.41) is 42.7. The fourth-order valence-corrected chi connectivity index (χ4v) is 7.13. The molecule has 2 heterocycles. The highest BCUT2D eigenvalue weighted by molar-refractivity contribution is 6.43. The number of carbonyl (C=O) groups is 2. The van der Waals surface area contributed by atoms with Crippen molar-refractivity contribution in [2.75, 3.05) is 11.5 Å². The van der Waals surface area contributed by atoms with Crippen LogP contribution < -0.4 is 4.90 Å². The molecule has 2 fully saturated rings. The lowest BCUT2D eigenvalue weighted by atomic mass is 9.58. The lowest BCUT2D eigenvalue weighted by molar-refractivity contribution is -0.384. The Hall–Kier alpha value is -3.80. The van der Waals surface area contributed by atoms with E-state index in [0.717, 1.165) is 40.0 Å². The highest BCUT2D eigenvalue weighted by atomic mass is 16.6. The van der Waals surface area contributed by atoms with Crippen LogP contribution in [0.1, 0.15) is 55.7 Å². The first-order valence-electron chi connectivity index (χ1n) is 14.8. The highest BCUT2D eigenvalue weighted by Crippen LogP contribution is 2.51. The van der Waals surface area contributed by atoms with Crippen LogP contribution >= 0.6 is 0 Å². The van der Waals surface area contributed by atoms with Gasteiger partial charge in [0.15, 0.2) is 0 Å². The molecule has 0 unspecified atom stereocenters. The third-order valence-corrected chi connectivity index (χ3v) is 8.98. The average Bonchev–Trinajstić information content (AvgIpc) is 3.23. The number of imide groups is 1. The molecular formula is C32H37BN2O8. The number of hydrogen-bond donors (Lipinski definition) is 3. The molecule has 5 rings (SSSR count). The SMILES string of the molecule is CCC/C(=C\c1cc(C)c(O)c(C)c1)CC[C@H]1OB(O)C[C@H]2C1=C(CO)C[C@H]1C(=O)N(c3cccc([N+](=O)[O-])c3)C(=O)[C@H]12. The van der Waals surface area contributed by atoms with Gasteiger partial charge in [-0.3, -0.25) is 19.7 Å². The van der Waals surface area contributed by atoms with E-state index < -0.39 is 47.7 Å². The number of rotatable bonds is 9. The van der Waals surface area contributed by atoms with Gasteiger partial charge in [0.05, 0.1) is 35.2 Å². The maximum absolute atomic E-state index is 13.8. The monoisotopic (exact) mass is 588 g/mol. The van der Waals surface area contributed by atoms with Crippen LogP contribution in [0.3, 0.4) is 0 Å². The number of aliphatic hydroxyl groups is 1. The Morgan fingerprint density at radius 3 is 2.51 bits per heavy atom. The summed E-state index contributed by atoms with van der Waals surface area (Å²) in [5.41, 5.74) is 5.11. The molecule has 0 radical (unpaired) electrons. The molecule has 2 amide bonds. The second-order valence-electron chi connectivity index (χ2n) is 11.9. The van der Waals surface area contributed by atoms with E-state index in [2.05, 4.69) is 13.0 Å². The topological polar surface area (TPSA) is 150 Å². The fraction of sp³-hybridized carbons (Fsp3) is 0.438. The standard InChI is InChI=1S/C32H37BN2O8/c1-4-6-20(13-21-11-18(2)30(37)19(3)12-21)9-10-27-28-22(17-36)14-25-29(26(28)16-33(40)43-27)32(39)34(31(25)38)23-7-5-8-24(15-23)35(41)42/h5,7-8,11-13,15,25-27,29,36-37,40H,4,6,9-10,14,16-17H2,1-3H3/b20-13+/t25-,26+,27-,29-/m1/s1. The molecule has 43 heavy (non-hydrogen) atoms. The van der Waals surface area contributed by atoms with E-state index in [4.69, 9.17) is 4.65 Å². The minimum Gasteiger partial charge on any atom is -0.507 e. The number of aliphatic hydroxyl groups excluding tert-OH is 1. The van der Waals surface area contributed by atoms with Crippen LogP contribution in [-0.2, 0) is 14.2 Å². The lowest BCUT2D eigenvalue weighted by Crippen LogP contribution is -2.46. The minimum absolute atomic E-state index is 0.113. The molecule has 10 nitrogen and oxygen atoms in total. The number of nitro benzene ring substituents is 1. The van der Waals surface area contributed by atoms with Crippen molar-refractivity contribution in [2.24, 2.45) is 17.8 Å². The number of allylic oxidation sites excluding steroid dienone is 1. The summed E-state index contributed by atoms with van der Waals surface area (Å²) in [7, 11) is -1.15. The molecule has 2 aromatic carbocycles. The van der Waals surface area contributed by atoms with Crippen molar-refractivity contribution in [1.29, 1.82) is 0 Å². The number of hydrogen-bond acceptors (Lipinski definition) is 8. The Bertz CT molecular complexity index is 1500. The van der Waals surface area contributed by atoms with Crippen molar-refractivity contribution < 1.29 is 34.4 Å². The number of phenolic OH excluding ortho intramolecular Hbond substituents is 1. The van der Waals surface area contributed by atoms with Crippen LogP contribution in [0.5, 0.6) is 5.75 Å². The van der Waals surface area contributed by atoms with E-state index in [0.29, 0.717) is 18.4 Å². The largest absolute Gasteiger partial charge is 0.507 e. The Balaban J connectivity index is 1.43. The molecular weight excluding hydrogens is 551 g/mol. The molecule has 2 aliphatic heterocycles. The van der Waals surface area contributed by atoms with Gasteiger partial charge in [-0.1, -0.05) is 31.1 Å². The number of aryl methyl sites for hydroxylation is 2. The van der Waals surface area contributed by atoms with Gasteiger partial charge in [0.2, 0.25) is 11.8 Å². The number of benzene rings is 2. The van der Waals surface area contributed by atoms with Gasteiger partial charge in [-0.25, -0.2) is 4.90 Å². The van der Waals surface area contributed by atoms with Gasteiger partial charge in [-0.2, -0.15) is 0 Å². The fourth-order valence-electron chi connectivity index (χ4n) is 7.13. The summed E-state index contributed by atoms with van der Waals surface area (Å²) in [6, 6.07) is 9.35. The molecule has 2 aromatic rings. The first kappa shape index (κ1) is 30.7. The number of nitrogens with zero attached hydrogens (tertiary/aromatic N) is 2. The Morgan fingerprint density at radius 2 is 1.86 bits per heavy atom. The molecule has 1 aliphatic carbocycles. The first-order chi connectivity index (χ1) is 20.5. The van der Waals surface area contributed by atoms with E-state index in [-0.39, 0.29) is 36.5 Å². The first-order valence-corrected chi connectivity index (χ1v) is 14.8. The quantitative estimate of drug-likeness (QED) is 0.123. The van der Waals surface area contributed by atoms with Crippen LogP contribution in [0.4, 0.5) is 11.4 Å². The zero-order valence-corrected chi connectivity index (χ0v) is 24.7. The molecule has 4 atom stereocenters. The van der Waals surface area contributed by atoms with Crippen LogP contribution in [0.15, 0.2) is 53.1 Å². The van der Waals surface area contributed by atoms with E-state index >= 15 is 0 Å². The highest BCUT2D eigenvalue weighted by Gasteiger charge is 2.57. The molecule has 3 aliphatic rings. The van der Waals surface area contributed by atoms with E-state index in [1.807, 2.05) is 26.0 Å². The summed E-state index contributed by atoms with van der Waals surface area (Å²) >= 11 is 0. The summed E-state index contributed by atoms with van der Waals surface area (Å²) in [4.78, 5) is 39.2. The third kappa shape index (κ3) is 5.89. The normalized spacial score (nSPS) is 24.0. The number of phenols is 1. The second-order valence-corrected chi connectivity index (χ2v) is 11.9. The summed E-state index contributed by atoms with van der Waals surface area (Å²) < 4.78 is 6.03. The van der Waals surface area contributed by atoms with Gasteiger partial charge in [0.1, 0.15) is 5.75 Å². The van der Waals surface area contributed by atoms with Crippen LogP contribution in [-0.4, -0.2) is 51.8 Å². The Labute approximate surface area is 251 Å². The maximum Gasteiger partial charge on any atom is 0.455 e. The van der Waals surface area contributed by atoms with Crippen molar-refractivity contribution in [3.05, 3.63) is 79.9 Å². The molecule has 0 saturated carbocycles. The zero-order valence-electron chi connectivity index (χ0n) is 24.7. The maximum atomic E-state index is 13.8. The van der Waals surface area contributed by atoms with Crippen molar-refractivity contribution in [3.63, 3.8) is 0 Å². The lowest BCUT2D eigenvalue weighted by Gasteiger charge is -2.43. The molecule has 226 valence electrons. The average molecular weight is 588 g/mol. The molecule has 2 saturated heterocycles. The number of non-ortho nitro benzene ring substituents is 1. The van der Waals surface area contributed by atoms with Crippen LogP contribution in [0.25, 0.3) is 6.08 Å². The van der Waals surface area contributed by atoms with Crippen molar-refractivity contribution in [3.8, 4) is 5.75 Å². The molecule has 11 heteroatoms. The van der Waals surface area contributed by atoms with Gasteiger partial charge in [-0.05, 0) is 97.8 Å². The molecule has 0 bridgehead atoms. The van der Waals surface area contributed by atoms with Gasteiger partial charge in [-0.15, -0.1) is 0 Å².